The summed E-state index contributed by atoms with van der Waals surface area (Å²) in [6.45, 7) is 5.71. The van der Waals surface area contributed by atoms with Crippen LogP contribution in [0, 0.1) is 0 Å². The van der Waals surface area contributed by atoms with Crippen molar-refractivity contribution in [1.29, 1.82) is 0 Å². The van der Waals surface area contributed by atoms with Gasteiger partial charge < -0.3 is 18.6 Å². The molecule has 0 spiro atoms. The molecule has 6 nitrogen and oxygen atoms in total. The number of piperazine rings is 1. The number of rotatable bonds is 2. The first-order chi connectivity index (χ1) is 10.2. The fraction of sp³-hybridized carbons (Fsp3) is 0.533. The summed E-state index contributed by atoms with van der Waals surface area (Å²) in [6.07, 6.45) is 1.58. The largest absolute Gasteiger partial charge is 0.463 e. The van der Waals surface area contributed by atoms with Crippen LogP contribution in [0.1, 0.15) is 10.5 Å². The zero-order chi connectivity index (χ0) is 14.4. The molecule has 0 aliphatic carbocycles. The Bertz CT molecular complexity index is 667. The van der Waals surface area contributed by atoms with Crippen LogP contribution < -0.4 is 0 Å². The van der Waals surface area contributed by atoms with E-state index in [0.29, 0.717) is 12.2 Å². The maximum atomic E-state index is 12.1. The molecule has 4 heterocycles. The molecule has 0 unspecified atom stereocenters. The maximum Gasteiger partial charge on any atom is 0.355 e. The van der Waals surface area contributed by atoms with Gasteiger partial charge >= 0.3 is 5.97 Å². The standard InChI is InChI=1S/C15H19N3O3/c1-16-3-5-17(6-4-16)9-11-10-18-12-2-7-20-14(12)8-13(18)15(19)21-11/h2,7-8,11H,3-6,9-10H2,1H3/t11-/m0/s1. The molecule has 21 heavy (non-hydrogen) atoms. The first-order valence-corrected chi connectivity index (χ1v) is 7.39. The van der Waals surface area contributed by atoms with Gasteiger partial charge in [-0.2, -0.15) is 0 Å². The van der Waals surface area contributed by atoms with Gasteiger partial charge in [0.1, 0.15) is 11.8 Å². The summed E-state index contributed by atoms with van der Waals surface area (Å²) in [5.74, 6) is -0.244. The molecule has 0 N–H and O–H groups in total. The van der Waals surface area contributed by atoms with Gasteiger partial charge in [-0.3, -0.25) is 4.90 Å². The van der Waals surface area contributed by atoms with Crippen molar-refractivity contribution in [1.82, 2.24) is 14.4 Å². The number of hydrogen-bond acceptors (Lipinski definition) is 5. The van der Waals surface area contributed by atoms with E-state index < -0.39 is 0 Å². The van der Waals surface area contributed by atoms with Crippen molar-refractivity contribution in [3.05, 3.63) is 24.1 Å². The van der Waals surface area contributed by atoms with E-state index in [2.05, 4.69) is 16.8 Å². The smallest absolute Gasteiger partial charge is 0.355 e. The van der Waals surface area contributed by atoms with E-state index >= 15 is 0 Å². The van der Waals surface area contributed by atoms with Crippen LogP contribution in [0.3, 0.4) is 0 Å². The van der Waals surface area contributed by atoms with E-state index in [1.807, 2.05) is 10.6 Å². The number of cyclic esters (lactones) is 1. The van der Waals surface area contributed by atoms with Gasteiger partial charge in [0.25, 0.3) is 0 Å². The van der Waals surface area contributed by atoms with Crippen LogP contribution in [0.25, 0.3) is 11.1 Å². The molecule has 2 aliphatic heterocycles. The molecular formula is C15H19N3O3. The van der Waals surface area contributed by atoms with Gasteiger partial charge in [0.15, 0.2) is 5.58 Å². The molecule has 2 aliphatic rings. The van der Waals surface area contributed by atoms with Gasteiger partial charge in [-0.1, -0.05) is 0 Å². The summed E-state index contributed by atoms with van der Waals surface area (Å²) in [5.41, 5.74) is 2.33. The number of ether oxygens (including phenoxy) is 1. The molecule has 0 bridgehead atoms. The molecular weight excluding hydrogens is 270 g/mol. The topological polar surface area (TPSA) is 50.9 Å². The molecule has 0 amide bonds. The Morgan fingerprint density at radius 3 is 2.90 bits per heavy atom. The highest BCUT2D eigenvalue weighted by Crippen LogP contribution is 2.26. The number of aromatic nitrogens is 1. The molecule has 0 aromatic carbocycles. The predicted molar refractivity (Wildman–Crippen MR) is 77.3 cm³/mol. The molecule has 1 fully saturated rings. The summed E-state index contributed by atoms with van der Waals surface area (Å²) < 4.78 is 13.0. The fourth-order valence-corrected chi connectivity index (χ4v) is 3.21. The third-order valence-corrected chi connectivity index (χ3v) is 4.45. The van der Waals surface area contributed by atoms with Crippen LogP contribution in [0.4, 0.5) is 0 Å². The van der Waals surface area contributed by atoms with Crippen LogP contribution in [0.2, 0.25) is 0 Å². The highest BCUT2D eigenvalue weighted by atomic mass is 16.5. The lowest BCUT2D eigenvalue weighted by atomic mass is 10.2. The number of furan rings is 1. The van der Waals surface area contributed by atoms with Crippen molar-refractivity contribution in [3.8, 4) is 0 Å². The van der Waals surface area contributed by atoms with Crippen molar-refractivity contribution in [3.63, 3.8) is 0 Å². The van der Waals surface area contributed by atoms with Crippen LogP contribution >= 0.6 is 0 Å². The van der Waals surface area contributed by atoms with Gasteiger partial charge in [0, 0.05) is 44.9 Å². The minimum absolute atomic E-state index is 0.0843. The van der Waals surface area contributed by atoms with Crippen LogP contribution in [-0.4, -0.2) is 66.2 Å². The SMILES string of the molecule is CN1CCN(C[C@H]2Cn3c(cc4occc43)C(=O)O2)CC1. The summed E-state index contributed by atoms with van der Waals surface area (Å²) >= 11 is 0. The second kappa shape index (κ2) is 4.89. The van der Waals surface area contributed by atoms with Crippen molar-refractivity contribution in [2.75, 3.05) is 39.8 Å². The van der Waals surface area contributed by atoms with E-state index in [4.69, 9.17) is 9.15 Å². The van der Waals surface area contributed by atoms with Gasteiger partial charge in [-0.05, 0) is 7.05 Å². The molecule has 2 aromatic rings. The second-order valence-corrected chi connectivity index (χ2v) is 5.94. The predicted octanol–water partition coefficient (Wildman–Crippen LogP) is 1.02. The van der Waals surface area contributed by atoms with Crippen LogP contribution in [0.15, 0.2) is 22.8 Å². The lowest BCUT2D eigenvalue weighted by molar-refractivity contribution is 0.00143. The molecule has 1 atom stereocenters. The fourth-order valence-electron chi connectivity index (χ4n) is 3.21. The molecule has 4 rings (SSSR count). The monoisotopic (exact) mass is 289 g/mol. The van der Waals surface area contributed by atoms with Crippen molar-refractivity contribution in [2.45, 2.75) is 12.6 Å². The molecule has 112 valence electrons. The Balaban J connectivity index is 1.52. The van der Waals surface area contributed by atoms with Crippen LogP contribution in [0.5, 0.6) is 0 Å². The highest BCUT2D eigenvalue weighted by Gasteiger charge is 2.30. The van der Waals surface area contributed by atoms with Gasteiger partial charge in [-0.25, -0.2) is 4.79 Å². The van der Waals surface area contributed by atoms with E-state index in [0.717, 1.165) is 43.8 Å². The Morgan fingerprint density at radius 2 is 2.10 bits per heavy atom. The van der Waals surface area contributed by atoms with Gasteiger partial charge in [-0.15, -0.1) is 0 Å². The normalized spacial score (nSPS) is 24.2. The first kappa shape index (κ1) is 12.9. The Labute approximate surface area is 122 Å². The van der Waals surface area contributed by atoms with E-state index in [-0.39, 0.29) is 12.1 Å². The number of carbonyl (C=O) groups is 1. The van der Waals surface area contributed by atoms with Crippen molar-refractivity contribution in [2.24, 2.45) is 0 Å². The minimum Gasteiger partial charge on any atom is -0.463 e. The number of esters is 1. The Kier molecular flexibility index (Phi) is 3.01. The number of hydrogen-bond donors (Lipinski definition) is 0. The number of nitrogens with zero attached hydrogens (tertiary/aromatic N) is 3. The zero-order valence-electron chi connectivity index (χ0n) is 12.1. The van der Waals surface area contributed by atoms with Crippen molar-refractivity contribution >= 4 is 17.1 Å². The molecule has 0 radical (unpaired) electrons. The molecule has 1 saturated heterocycles. The highest BCUT2D eigenvalue weighted by molar-refractivity contribution is 5.94. The summed E-state index contributed by atoms with van der Waals surface area (Å²) in [5, 5.41) is 0. The maximum absolute atomic E-state index is 12.1. The number of likely N-dealkylation sites (N-methyl/N-ethyl adjacent to an activating group) is 1. The van der Waals surface area contributed by atoms with E-state index in [9.17, 15) is 4.79 Å². The minimum atomic E-state index is -0.244. The third-order valence-electron chi connectivity index (χ3n) is 4.45. The first-order valence-electron chi connectivity index (χ1n) is 7.39. The lowest BCUT2D eigenvalue weighted by Crippen LogP contribution is -2.49. The third kappa shape index (κ3) is 2.24. The number of carbonyl (C=O) groups excluding carboxylic acids is 1. The summed E-state index contributed by atoms with van der Waals surface area (Å²) in [6, 6.07) is 3.67. The van der Waals surface area contributed by atoms with Gasteiger partial charge in [0.05, 0.1) is 18.3 Å². The van der Waals surface area contributed by atoms with Gasteiger partial charge in [0.2, 0.25) is 0 Å². The quantitative estimate of drug-likeness (QED) is 0.773. The van der Waals surface area contributed by atoms with E-state index in [1.165, 1.54) is 0 Å². The average molecular weight is 289 g/mol. The van der Waals surface area contributed by atoms with E-state index in [1.54, 1.807) is 12.3 Å². The lowest BCUT2D eigenvalue weighted by Gasteiger charge is -2.35. The molecule has 6 heteroatoms. The Morgan fingerprint density at radius 1 is 1.29 bits per heavy atom. The summed E-state index contributed by atoms with van der Waals surface area (Å²) in [4.78, 5) is 16.8. The molecule has 0 saturated carbocycles. The zero-order valence-corrected chi connectivity index (χ0v) is 12.1. The second-order valence-electron chi connectivity index (χ2n) is 5.94. The Hall–Kier alpha value is -1.79. The summed E-state index contributed by atoms with van der Waals surface area (Å²) in [7, 11) is 2.14. The average Bonchev–Trinajstić information content (AvgIpc) is 3.04. The molecule has 2 aromatic heterocycles. The van der Waals surface area contributed by atoms with Crippen molar-refractivity contribution < 1.29 is 13.9 Å². The number of fused-ring (bicyclic) bond motifs is 3. The van der Waals surface area contributed by atoms with Crippen LogP contribution in [-0.2, 0) is 11.3 Å².